The van der Waals surface area contributed by atoms with Gasteiger partial charge in [0.2, 0.25) is 0 Å². The predicted octanol–water partition coefficient (Wildman–Crippen LogP) is 3.13. The van der Waals surface area contributed by atoms with Crippen LogP contribution in [0.1, 0.15) is 46.1 Å². The third-order valence-corrected chi connectivity index (χ3v) is 6.00. The minimum Gasteiger partial charge on any atom is -0.453 e. The first-order valence-corrected chi connectivity index (χ1v) is 10.8. The molecule has 2 amide bonds. The Kier molecular flexibility index (Phi) is 6.22. The molecular formula is C22H26F3N5O3. The van der Waals surface area contributed by atoms with Gasteiger partial charge >= 0.3 is 12.3 Å². The molecule has 178 valence electrons. The van der Waals surface area contributed by atoms with E-state index < -0.39 is 17.8 Å². The molecule has 2 heterocycles. The Hall–Kier alpha value is -3.24. The van der Waals surface area contributed by atoms with Crippen molar-refractivity contribution in [2.75, 3.05) is 38.2 Å². The van der Waals surface area contributed by atoms with E-state index in [1.54, 1.807) is 24.1 Å². The highest BCUT2D eigenvalue weighted by Crippen LogP contribution is 2.39. The number of carbonyl (C=O) groups is 2. The molecule has 0 bridgehead atoms. The normalized spacial score (nSPS) is 16.6. The molecule has 0 radical (unpaired) electrons. The van der Waals surface area contributed by atoms with E-state index in [9.17, 15) is 22.8 Å². The predicted molar refractivity (Wildman–Crippen MR) is 114 cm³/mol. The van der Waals surface area contributed by atoms with Crippen LogP contribution in [0.3, 0.4) is 0 Å². The van der Waals surface area contributed by atoms with Crippen LogP contribution in [0, 0.1) is 0 Å². The van der Waals surface area contributed by atoms with Gasteiger partial charge in [0, 0.05) is 51.4 Å². The summed E-state index contributed by atoms with van der Waals surface area (Å²) in [4.78, 5) is 27.3. The fourth-order valence-corrected chi connectivity index (χ4v) is 4.01. The van der Waals surface area contributed by atoms with Crippen LogP contribution >= 0.6 is 0 Å². The van der Waals surface area contributed by atoms with Crippen LogP contribution in [0.25, 0.3) is 0 Å². The summed E-state index contributed by atoms with van der Waals surface area (Å²) >= 11 is 0. The highest BCUT2D eigenvalue weighted by atomic mass is 19.4. The fraction of sp³-hybridized carbons (Fsp3) is 0.500. The fourth-order valence-electron chi connectivity index (χ4n) is 4.01. The molecular weight excluding hydrogens is 439 g/mol. The van der Waals surface area contributed by atoms with Gasteiger partial charge in [-0.15, -0.1) is 0 Å². The standard InChI is InChI=1S/C22H26F3N5O3/c1-28-19(12-17(27-28)15-4-5-15)20(31)26-13-14-3-6-18(16(11-14)22(23,24)25)29-7-9-30(10-8-29)21(32)33-2/h3,6,11-12,15H,4-5,7-10,13H2,1-2H3,(H,26,31). The highest BCUT2D eigenvalue weighted by Gasteiger charge is 2.36. The minimum absolute atomic E-state index is 0.0394. The van der Waals surface area contributed by atoms with Crippen LogP contribution in [-0.2, 0) is 24.5 Å². The zero-order chi connectivity index (χ0) is 23.8. The van der Waals surface area contributed by atoms with Gasteiger partial charge in [-0.1, -0.05) is 6.07 Å². The largest absolute Gasteiger partial charge is 0.453 e. The number of carbonyl (C=O) groups excluding carboxylic acids is 2. The van der Waals surface area contributed by atoms with Crippen molar-refractivity contribution in [3.8, 4) is 0 Å². The second-order valence-corrected chi connectivity index (χ2v) is 8.33. The lowest BCUT2D eigenvalue weighted by Gasteiger charge is -2.36. The molecule has 2 aromatic rings. The molecule has 1 N–H and O–H groups in total. The number of halogens is 3. The number of alkyl halides is 3. The van der Waals surface area contributed by atoms with E-state index in [0.29, 0.717) is 17.2 Å². The Morgan fingerprint density at radius 2 is 1.85 bits per heavy atom. The molecule has 4 rings (SSSR count). The van der Waals surface area contributed by atoms with Crippen molar-refractivity contribution in [3.05, 3.63) is 46.8 Å². The molecule has 33 heavy (non-hydrogen) atoms. The summed E-state index contributed by atoms with van der Waals surface area (Å²) in [6.45, 7) is 1.03. The van der Waals surface area contributed by atoms with Gasteiger partial charge < -0.3 is 19.9 Å². The highest BCUT2D eigenvalue weighted by molar-refractivity contribution is 5.92. The second-order valence-electron chi connectivity index (χ2n) is 8.33. The quantitative estimate of drug-likeness (QED) is 0.734. The number of nitrogens with one attached hydrogen (secondary N) is 1. The topological polar surface area (TPSA) is 79.7 Å². The number of piperazine rings is 1. The number of rotatable bonds is 5. The molecule has 11 heteroatoms. The molecule has 1 saturated carbocycles. The molecule has 2 aliphatic rings. The summed E-state index contributed by atoms with van der Waals surface area (Å²) in [7, 11) is 2.95. The van der Waals surface area contributed by atoms with Crippen molar-refractivity contribution in [2.45, 2.75) is 31.5 Å². The van der Waals surface area contributed by atoms with Gasteiger partial charge in [0.1, 0.15) is 5.69 Å². The summed E-state index contributed by atoms with van der Waals surface area (Å²) < 4.78 is 47.7. The molecule has 1 aromatic heterocycles. The molecule has 8 nitrogen and oxygen atoms in total. The number of methoxy groups -OCH3 is 1. The summed E-state index contributed by atoms with van der Waals surface area (Å²) in [6.07, 6.45) is -2.93. The molecule has 0 unspecified atom stereocenters. The zero-order valence-corrected chi connectivity index (χ0v) is 18.5. The maximum Gasteiger partial charge on any atom is 0.418 e. The smallest absolute Gasteiger partial charge is 0.418 e. The molecule has 1 saturated heterocycles. The lowest BCUT2D eigenvalue weighted by Crippen LogP contribution is -2.49. The van der Waals surface area contributed by atoms with Gasteiger partial charge in [-0.2, -0.15) is 18.3 Å². The van der Waals surface area contributed by atoms with E-state index in [0.717, 1.165) is 24.6 Å². The maximum absolute atomic E-state index is 13.8. The summed E-state index contributed by atoms with van der Waals surface area (Å²) in [5, 5.41) is 7.04. The Balaban J connectivity index is 1.45. The monoisotopic (exact) mass is 465 g/mol. The lowest BCUT2D eigenvalue weighted by molar-refractivity contribution is -0.137. The van der Waals surface area contributed by atoms with Crippen molar-refractivity contribution >= 4 is 17.7 Å². The summed E-state index contributed by atoms with van der Waals surface area (Å²) in [5.74, 6) is 0.0163. The van der Waals surface area contributed by atoms with Gasteiger partial charge in [0.25, 0.3) is 5.91 Å². The first kappa shape index (κ1) is 22.9. The summed E-state index contributed by atoms with van der Waals surface area (Å²) in [6, 6.07) is 5.82. The van der Waals surface area contributed by atoms with E-state index in [1.165, 1.54) is 22.8 Å². The first-order valence-electron chi connectivity index (χ1n) is 10.8. The molecule has 0 spiro atoms. The Bertz CT molecular complexity index is 1040. The van der Waals surface area contributed by atoms with Crippen LogP contribution in [-0.4, -0.2) is 60.0 Å². The number of aryl methyl sites for hydroxylation is 1. The van der Waals surface area contributed by atoms with Gasteiger partial charge in [-0.3, -0.25) is 9.48 Å². The second kappa shape index (κ2) is 8.95. The van der Waals surface area contributed by atoms with E-state index in [2.05, 4.69) is 15.2 Å². The van der Waals surface area contributed by atoms with E-state index in [4.69, 9.17) is 0 Å². The van der Waals surface area contributed by atoms with E-state index >= 15 is 0 Å². The Morgan fingerprint density at radius 3 is 2.45 bits per heavy atom. The minimum atomic E-state index is -4.56. The van der Waals surface area contributed by atoms with Crippen molar-refractivity contribution in [3.63, 3.8) is 0 Å². The van der Waals surface area contributed by atoms with Gasteiger partial charge in [0.15, 0.2) is 0 Å². The van der Waals surface area contributed by atoms with Gasteiger partial charge in [-0.25, -0.2) is 4.79 Å². The Morgan fingerprint density at radius 1 is 1.15 bits per heavy atom. The van der Waals surface area contributed by atoms with Gasteiger partial charge in [0.05, 0.1) is 18.4 Å². The number of aromatic nitrogens is 2. The van der Waals surface area contributed by atoms with Crippen molar-refractivity contribution in [1.29, 1.82) is 0 Å². The van der Waals surface area contributed by atoms with Crippen LogP contribution in [0.4, 0.5) is 23.7 Å². The third-order valence-electron chi connectivity index (χ3n) is 6.00. The number of amides is 2. The number of hydrogen-bond donors (Lipinski definition) is 1. The maximum atomic E-state index is 13.8. The summed E-state index contributed by atoms with van der Waals surface area (Å²) in [5.41, 5.74) is 0.893. The SMILES string of the molecule is COC(=O)N1CCN(c2ccc(CNC(=O)c3cc(C4CC4)nn3C)cc2C(F)(F)F)CC1. The molecule has 1 aromatic carbocycles. The molecule has 1 aliphatic carbocycles. The van der Waals surface area contributed by atoms with Crippen molar-refractivity contribution in [1.82, 2.24) is 20.0 Å². The van der Waals surface area contributed by atoms with E-state index in [1.807, 2.05) is 0 Å². The molecule has 2 fully saturated rings. The van der Waals surface area contributed by atoms with Crippen LogP contribution in [0.15, 0.2) is 24.3 Å². The average Bonchev–Trinajstić information content (AvgIpc) is 3.58. The number of benzene rings is 1. The zero-order valence-electron chi connectivity index (χ0n) is 18.5. The number of anilines is 1. The number of hydrogen-bond acceptors (Lipinski definition) is 5. The third kappa shape index (κ3) is 5.07. The van der Waals surface area contributed by atoms with E-state index in [-0.39, 0.29) is 44.3 Å². The van der Waals surface area contributed by atoms with Crippen LogP contribution in [0.2, 0.25) is 0 Å². The number of ether oxygens (including phenoxy) is 1. The number of nitrogens with zero attached hydrogens (tertiary/aromatic N) is 4. The van der Waals surface area contributed by atoms with Crippen molar-refractivity contribution in [2.24, 2.45) is 7.05 Å². The molecule has 0 atom stereocenters. The lowest BCUT2D eigenvalue weighted by atomic mass is 10.1. The van der Waals surface area contributed by atoms with Crippen LogP contribution in [0.5, 0.6) is 0 Å². The van der Waals surface area contributed by atoms with Gasteiger partial charge in [-0.05, 0) is 36.6 Å². The first-order chi connectivity index (χ1) is 15.7. The molecule has 1 aliphatic heterocycles. The average molecular weight is 465 g/mol. The van der Waals surface area contributed by atoms with Crippen molar-refractivity contribution < 1.29 is 27.5 Å². The van der Waals surface area contributed by atoms with Crippen LogP contribution < -0.4 is 10.2 Å². The Labute approximate surface area is 189 Å².